The van der Waals surface area contributed by atoms with Crippen LogP contribution in [0.1, 0.15) is 5.69 Å². The first kappa shape index (κ1) is 9.09. The first-order valence-corrected chi connectivity index (χ1v) is 5.20. The predicted molar refractivity (Wildman–Crippen MR) is 63.6 cm³/mol. The molecule has 0 atom stereocenters. The van der Waals surface area contributed by atoms with Gasteiger partial charge in [-0.05, 0) is 31.2 Å². The molecule has 16 heavy (non-hydrogen) atoms. The van der Waals surface area contributed by atoms with Gasteiger partial charge in [-0.1, -0.05) is 12.1 Å². The zero-order valence-corrected chi connectivity index (χ0v) is 8.96. The molecule has 0 saturated heterocycles. The quantitative estimate of drug-likeness (QED) is 0.617. The highest BCUT2D eigenvalue weighted by Gasteiger charge is 2.03. The Morgan fingerprint density at radius 3 is 2.81 bits per heavy atom. The number of rotatable bonds is 1. The molecular weight excluding hydrogens is 198 g/mol. The molecular formula is C13H11N3. The van der Waals surface area contributed by atoms with Crippen LogP contribution in [0, 0.1) is 6.92 Å². The minimum absolute atomic E-state index is 1.01. The van der Waals surface area contributed by atoms with Crippen LogP contribution < -0.4 is 0 Å². The Hall–Kier alpha value is -2.16. The number of hydrogen-bond acceptors (Lipinski definition) is 2. The number of aromatic nitrogens is 3. The second-order valence-electron chi connectivity index (χ2n) is 3.76. The van der Waals surface area contributed by atoms with E-state index in [-0.39, 0.29) is 0 Å². The fourth-order valence-corrected chi connectivity index (χ4v) is 1.85. The van der Waals surface area contributed by atoms with Gasteiger partial charge in [-0.3, -0.25) is 9.55 Å². The molecule has 78 valence electrons. The topological polar surface area (TPSA) is 30.7 Å². The monoisotopic (exact) mass is 209 g/mol. The van der Waals surface area contributed by atoms with Crippen molar-refractivity contribution in [3.63, 3.8) is 0 Å². The molecule has 0 N–H and O–H groups in total. The zero-order valence-electron chi connectivity index (χ0n) is 8.96. The van der Waals surface area contributed by atoms with E-state index < -0.39 is 0 Å². The standard InChI is InChI=1S/C13H11N3/c1-10-8-11(6-7-14-10)16-9-15-12-4-2-3-5-13(12)16/h2-9H,1H3. The van der Waals surface area contributed by atoms with Crippen molar-refractivity contribution in [1.82, 2.24) is 14.5 Å². The third kappa shape index (κ3) is 1.37. The summed E-state index contributed by atoms with van der Waals surface area (Å²) in [5.74, 6) is 0. The zero-order chi connectivity index (χ0) is 11.0. The molecule has 0 fully saturated rings. The van der Waals surface area contributed by atoms with Crippen LogP contribution in [0.3, 0.4) is 0 Å². The van der Waals surface area contributed by atoms with Crippen LogP contribution in [-0.2, 0) is 0 Å². The van der Waals surface area contributed by atoms with Crippen molar-refractivity contribution in [2.45, 2.75) is 6.92 Å². The Labute approximate surface area is 93.4 Å². The van der Waals surface area contributed by atoms with Crippen LogP contribution >= 0.6 is 0 Å². The molecule has 0 bridgehead atoms. The lowest BCUT2D eigenvalue weighted by Crippen LogP contribution is -1.93. The van der Waals surface area contributed by atoms with Crippen molar-refractivity contribution in [3.05, 3.63) is 54.6 Å². The summed E-state index contributed by atoms with van der Waals surface area (Å²) in [7, 11) is 0. The number of fused-ring (bicyclic) bond motifs is 1. The summed E-state index contributed by atoms with van der Waals surface area (Å²) in [5.41, 5.74) is 4.24. The number of hydrogen-bond donors (Lipinski definition) is 0. The maximum absolute atomic E-state index is 4.37. The Balaban J connectivity index is 2.26. The summed E-state index contributed by atoms with van der Waals surface area (Å²) in [6.45, 7) is 1.99. The van der Waals surface area contributed by atoms with Crippen LogP contribution in [0.25, 0.3) is 16.7 Å². The molecule has 1 aromatic carbocycles. The minimum atomic E-state index is 1.01. The molecule has 0 amide bonds. The van der Waals surface area contributed by atoms with Gasteiger partial charge in [0.15, 0.2) is 0 Å². The maximum atomic E-state index is 4.37. The van der Waals surface area contributed by atoms with Crippen LogP contribution in [0.15, 0.2) is 48.9 Å². The van der Waals surface area contributed by atoms with Crippen LogP contribution in [-0.4, -0.2) is 14.5 Å². The van der Waals surface area contributed by atoms with Gasteiger partial charge in [0.25, 0.3) is 0 Å². The third-order valence-electron chi connectivity index (χ3n) is 2.61. The molecule has 0 radical (unpaired) electrons. The van der Waals surface area contributed by atoms with Crippen molar-refractivity contribution in [1.29, 1.82) is 0 Å². The van der Waals surface area contributed by atoms with Gasteiger partial charge in [0.1, 0.15) is 6.33 Å². The molecule has 0 saturated carbocycles. The first-order chi connectivity index (χ1) is 7.84. The molecule has 2 heterocycles. The number of pyridine rings is 1. The van der Waals surface area contributed by atoms with Gasteiger partial charge in [-0.2, -0.15) is 0 Å². The highest BCUT2D eigenvalue weighted by Crippen LogP contribution is 2.17. The van der Waals surface area contributed by atoms with E-state index in [4.69, 9.17) is 0 Å². The molecule has 3 aromatic rings. The number of aryl methyl sites for hydroxylation is 1. The lowest BCUT2D eigenvalue weighted by atomic mass is 10.3. The van der Waals surface area contributed by atoms with E-state index in [2.05, 4.69) is 20.6 Å². The molecule has 0 aliphatic rings. The fraction of sp³-hybridized carbons (Fsp3) is 0.0769. The average Bonchev–Trinajstić information content (AvgIpc) is 2.72. The van der Waals surface area contributed by atoms with Crippen LogP contribution in [0.5, 0.6) is 0 Å². The van der Waals surface area contributed by atoms with Gasteiger partial charge in [-0.25, -0.2) is 4.98 Å². The number of nitrogens with zero attached hydrogens (tertiary/aromatic N) is 3. The van der Waals surface area contributed by atoms with Gasteiger partial charge in [-0.15, -0.1) is 0 Å². The highest BCUT2D eigenvalue weighted by atomic mass is 15.0. The number of para-hydroxylation sites is 2. The summed E-state index contributed by atoms with van der Waals surface area (Å²) in [5, 5.41) is 0. The van der Waals surface area contributed by atoms with Crippen LogP contribution in [0.2, 0.25) is 0 Å². The molecule has 3 nitrogen and oxygen atoms in total. The van der Waals surface area contributed by atoms with Gasteiger partial charge in [0, 0.05) is 11.9 Å². The Bertz CT molecular complexity index is 640. The highest BCUT2D eigenvalue weighted by molar-refractivity contribution is 5.77. The lowest BCUT2D eigenvalue weighted by Gasteiger charge is -2.04. The Morgan fingerprint density at radius 1 is 1.06 bits per heavy atom. The Kier molecular flexibility index (Phi) is 1.96. The summed E-state index contributed by atoms with van der Waals surface area (Å²) in [6.07, 6.45) is 3.67. The summed E-state index contributed by atoms with van der Waals surface area (Å²) >= 11 is 0. The van der Waals surface area contributed by atoms with E-state index in [1.165, 1.54) is 0 Å². The van der Waals surface area contributed by atoms with Crippen molar-refractivity contribution in [2.75, 3.05) is 0 Å². The second-order valence-corrected chi connectivity index (χ2v) is 3.76. The summed E-state index contributed by atoms with van der Waals surface area (Å²) < 4.78 is 2.07. The first-order valence-electron chi connectivity index (χ1n) is 5.20. The molecule has 3 heteroatoms. The lowest BCUT2D eigenvalue weighted by molar-refractivity contribution is 1.06. The predicted octanol–water partition coefficient (Wildman–Crippen LogP) is 2.73. The summed E-state index contributed by atoms with van der Waals surface area (Å²) in [4.78, 5) is 8.56. The van der Waals surface area contributed by atoms with Crippen molar-refractivity contribution in [2.24, 2.45) is 0 Å². The maximum Gasteiger partial charge on any atom is 0.100 e. The average molecular weight is 209 g/mol. The summed E-state index contributed by atoms with van der Waals surface area (Å²) in [6, 6.07) is 12.1. The molecule has 0 unspecified atom stereocenters. The molecule has 0 aliphatic carbocycles. The van der Waals surface area contributed by atoms with E-state index in [9.17, 15) is 0 Å². The second kappa shape index (κ2) is 3.45. The van der Waals surface area contributed by atoms with E-state index >= 15 is 0 Å². The van der Waals surface area contributed by atoms with Crippen molar-refractivity contribution >= 4 is 11.0 Å². The van der Waals surface area contributed by atoms with Gasteiger partial charge in [0.05, 0.1) is 16.7 Å². The van der Waals surface area contributed by atoms with E-state index in [1.807, 2.05) is 49.8 Å². The van der Waals surface area contributed by atoms with Crippen LogP contribution in [0.4, 0.5) is 0 Å². The van der Waals surface area contributed by atoms with Gasteiger partial charge in [0.2, 0.25) is 0 Å². The normalized spacial score (nSPS) is 10.8. The van der Waals surface area contributed by atoms with Gasteiger partial charge >= 0.3 is 0 Å². The van der Waals surface area contributed by atoms with E-state index in [0.29, 0.717) is 0 Å². The molecule has 3 rings (SSSR count). The Morgan fingerprint density at radius 2 is 1.94 bits per heavy atom. The van der Waals surface area contributed by atoms with E-state index in [1.54, 1.807) is 0 Å². The third-order valence-corrected chi connectivity index (χ3v) is 2.61. The number of benzene rings is 1. The molecule has 0 spiro atoms. The number of imidazole rings is 1. The largest absolute Gasteiger partial charge is 0.299 e. The minimum Gasteiger partial charge on any atom is -0.299 e. The smallest absolute Gasteiger partial charge is 0.100 e. The SMILES string of the molecule is Cc1cc(-n2cnc3ccccc32)ccn1. The molecule has 2 aromatic heterocycles. The van der Waals surface area contributed by atoms with E-state index in [0.717, 1.165) is 22.4 Å². The fourth-order valence-electron chi connectivity index (χ4n) is 1.85. The van der Waals surface area contributed by atoms with Crippen molar-refractivity contribution in [3.8, 4) is 5.69 Å². The van der Waals surface area contributed by atoms with Crippen molar-refractivity contribution < 1.29 is 0 Å². The molecule has 0 aliphatic heterocycles. The van der Waals surface area contributed by atoms with Gasteiger partial charge < -0.3 is 0 Å².